The Labute approximate surface area is 154 Å². The Morgan fingerprint density at radius 2 is 2.20 bits per heavy atom. The predicted molar refractivity (Wildman–Crippen MR) is 101 cm³/mol. The summed E-state index contributed by atoms with van der Waals surface area (Å²) in [6.07, 6.45) is 4.91. The number of halogens is 1. The van der Waals surface area contributed by atoms with Crippen LogP contribution in [0.1, 0.15) is 39.0 Å². The molecule has 2 fully saturated rings. The minimum atomic E-state index is -0.392. The quantitative estimate of drug-likeness (QED) is 0.860. The van der Waals surface area contributed by atoms with E-state index in [1.165, 1.54) is 0 Å². The van der Waals surface area contributed by atoms with Gasteiger partial charge in [0.1, 0.15) is 5.75 Å². The van der Waals surface area contributed by atoms with Crippen LogP contribution >= 0.6 is 11.6 Å². The molecule has 1 aromatic rings. The second-order valence-electron chi connectivity index (χ2n) is 7.56. The van der Waals surface area contributed by atoms with Gasteiger partial charge in [0.15, 0.2) is 0 Å². The van der Waals surface area contributed by atoms with Crippen LogP contribution in [0.4, 0.5) is 5.69 Å². The lowest BCUT2D eigenvalue weighted by Crippen LogP contribution is -2.54. The van der Waals surface area contributed by atoms with Crippen LogP contribution in [0.3, 0.4) is 0 Å². The molecule has 1 aliphatic heterocycles. The van der Waals surface area contributed by atoms with Crippen molar-refractivity contribution in [1.82, 2.24) is 5.32 Å². The van der Waals surface area contributed by atoms with E-state index in [4.69, 9.17) is 22.1 Å². The molecule has 0 aromatic heterocycles. The minimum absolute atomic E-state index is 0.0870. The summed E-state index contributed by atoms with van der Waals surface area (Å²) in [4.78, 5) is 15.0. The number of hydrogen-bond donors (Lipinski definition) is 2. The van der Waals surface area contributed by atoms with Gasteiger partial charge >= 0.3 is 0 Å². The number of ether oxygens (including phenoxy) is 1. The number of nitrogens with two attached hydrogens (primary N) is 1. The van der Waals surface area contributed by atoms with Gasteiger partial charge < -0.3 is 20.7 Å². The molecule has 3 unspecified atom stereocenters. The van der Waals surface area contributed by atoms with Gasteiger partial charge in [0.2, 0.25) is 5.91 Å². The van der Waals surface area contributed by atoms with Crippen LogP contribution in [0.25, 0.3) is 0 Å². The highest BCUT2D eigenvalue weighted by Crippen LogP contribution is 2.34. The van der Waals surface area contributed by atoms with Crippen molar-refractivity contribution in [3.63, 3.8) is 0 Å². The summed E-state index contributed by atoms with van der Waals surface area (Å²) in [6, 6.07) is 5.76. The lowest BCUT2D eigenvalue weighted by Gasteiger charge is -2.37. The fourth-order valence-corrected chi connectivity index (χ4v) is 4.26. The van der Waals surface area contributed by atoms with Crippen LogP contribution in [0.5, 0.6) is 5.75 Å². The number of rotatable bonds is 4. The third-order valence-corrected chi connectivity index (χ3v) is 5.82. The van der Waals surface area contributed by atoms with Crippen molar-refractivity contribution >= 4 is 23.2 Å². The number of benzene rings is 1. The third-order valence-electron chi connectivity index (χ3n) is 5.59. The van der Waals surface area contributed by atoms with E-state index in [2.05, 4.69) is 10.2 Å². The predicted octanol–water partition coefficient (Wildman–Crippen LogP) is 2.95. The first-order chi connectivity index (χ1) is 11.9. The zero-order chi connectivity index (χ0) is 18.0. The smallest absolute Gasteiger partial charge is 0.225 e. The maximum Gasteiger partial charge on any atom is 0.225 e. The van der Waals surface area contributed by atoms with Gasteiger partial charge in [-0.15, -0.1) is 0 Å². The fraction of sp³-hybridized carbons (Fsp3) is 0.632. The second-order valence-corrected chi connectivity index (χ2v) is 8.00. The Balaban J connectivity index is 1.63. The molecule has 25 heavy (non-hydrogen) atoms. The molecular formula is C19H28ClN3O2. The van der Waals surface area contributed by atoms with E-state index in [1.807, 2.05) is 25.1 Å². The molecule has 2 aliphatic rings. The van der Waals surface area contributed by atoms with Gasteiger partial charge in [0.05, 0.1) is 18.7 Å². The maximum atomic E-state index is 12.7. The summed E-state index contributed by atoms with van der Waals surface area (Å²) < 4.78 is 5.45. The Morgan fingerprint density at radius 1 is 1.40 bits per heavy atom. The molecule has 1 amide bonds. The van der Waals surface area contributed by atoms with Gasteiger partial charge in [0, 0.05) is 29.7 Å². The Kier molecular flexibility index (Phi) is 5.44. The summed E-state index contributed by atoms with van der Waals surface area (Å²) in [5.74, 6) is 0.823. The van der Waals surface area contributed by atoms with Gasteiger partial charge in [-0.3, -0.25) is 4.79 Å². The molecule has 6 heteroatoms. The van der Waals surface area contributed by atoms with Crippen LogP contribution in [0.2, 0.25) is 5.02 Å². The van der Waals surface area contributed by atoms with E-state index < -0.39 is 5.54 Å². The largest absolute Gasteiger partial charge is 0.495 e. The number of hydrogen-bond acceptors (Lipinski definition) is 4. The minimum Gasteiger partial charge on any atom is -0.495 e. The first-order valence-corrected chi connectivity index (χ1v) is 9.46. The molecule has 0 radical (unpaired) electrons. The molecule has 5 nitrogen and oxygen atoms in total. The molecule has 3 atom stereocenters. The number of carbonyl (C=O) groups excluding carboxylic acids is 1. The monoisotopic (exact) mass is 365 g/mol. The molecule has 0 spiro atoms. The van der Waals surface area contributed by atoms with E-state index in [0.29, 0.717) is 5.02 Å². The summed E-state index contributed by atoms with van der Waals surface area (Å²) in [7, 11) is 1.66. The van der Waals surface area contributed by atoms with Crippen LogP contribution in [-0.4, -0.2) is 37.7 Å². The third kappa shape index (κ3) is 4.04. The highest BCUT2D eigenvalue weighted by molar-refractivity contribution is 6.30. The topological polar surface area (TPSA) is 67.6 Å². The summed E-state index contributed by atoms with van der Waals surface area (Å²) in [6.45, 7) is 3.64. The summed E-state index contributed by atoms with van der Waals surface area (Å²) in [5.41, 5.74) is 6.96. The van der Waals surface area contributed by atoms with Crippen molar-refractivity contribution in [3.05, 3.63) is 23.2 Å². The molecule has 1 heterocycles. The van der Waals surface area contributed by atoms with Crippen LogP contribution in [0, 0.1) is 5.92 Å². The number of methoxy groups -OCH3 is 1. The van der Waals surface area contributed by atoms with Gasteiger partial charge in [-0.2, -0.15) is 0 Å². The normalized spacial score (nSPS) is 29.5. The molecule has 1 saturated heterocycles. The number of amides is 1. The van der Waals surface area contributed by atoms with Gasteiger partial charge in [0.25, 0.3) is 0 Å². The van der Waals surface area contributed by atoms with E-state index >= 15 is 0 Å². The highest BCUT2D eigenvalue weighted by atomic mass is 35.5. The maximum absolute atomic E-state index is 12.7. The van der Waals surface area contributed by atoms with Crippen molar-refractivity contribution in [1.29, 1.82) is 0 Å². The van der Waals surface area contributed by atoms with E-state index in [1.54, 1.807) is 7.11 Å². The molecule has 1 saturated carbocycles. The highest BCUT2D eigenvalue weighted by Gasteiger charge is 2.39. The number of anilines is 1. The molecule has 1 aliphatic carbocycles. The lowest BCUT2D eigenvalue weighted by molar-refractivity contribution is -0.128. The molecule has 0 bridgehead atoms. The first-order valence-electron chi connectivity index (χ1n) is 9.08. The molecule has 3 rings (SSSR count). The number of nitrogens with zero attached hydrogens (tertiary/aromatic N) is 1. The molecular weight excluding hydrogens is 338 g/mol. The zero-order valence-electron chi connectivity index (χ0n) is 15.1. The van der Waals surface area contributed by atoms with E-state index in [9.17, 15) is 4.79 Å². The average Bonchev–Trinajstić information content (AvgIpc) is 3.02. The molecule has 3 N–H and O–H groups in total. The van der Waals surface area contributed by atoms with E-state index in [-0.39, 0.29) is 17.9 Å². The van der Waals surface area contributed by atoms with Crippen molar-refractivity contribution in [2.75, 3.05) is 25.1 Å². The van der Waals surface area contributed by atoms with Crippen LogP contribution in [0.15, 0.2) is 18.2 Å². The van der Waals surface area contributed by atoms with Crippen molar-refractivity contribution < 1.29 is 9.53 Å². The Morgan fingerprint density at radius 3 is 2.92 bits per heavy atom. The van der Waals surface area contributed by atoms with Crippen molar-refractivity contribution in [3.8, 4) is 5.75 Å². The number of carbonyl (C=O) groups is 1. The van der Waals surface area contributed by atoms with E-state index in [0.717, 1.165) is 56.6 Å². The van der Waals surface area contributed by atoms with Crippen molar-refractivity contribution in [2.45, 2.75) is 50.6 Å². The van der Waals surface area contributed by atoms with Crippen LogP contribution in [-0.2, 0) is 4.79 Å². The standard InChI is InChI=1S/C19H28ClN3O2/c1-19(21)9-4-3-5-15(19)18(24)22-14-8-10-23(12-14)16-11-13(20)6-7-17(16)25-2/h6-7,11,14-15H,3-5,8-10,12,21H2,1-2H3,(H,22,24). The van der Waals surface area contributed by atoms with Gasteiger partial charge in [-0.1, -0.05) is 24.4 Å². The summed E-state index contributed by atoms with van der Waals surface area (Å²) in [5, 5.41) is 3.91. The van der Waals surface area contributed by atoms with Crippen molar-refractivity contribution in [2.24, 2.45) is 11.7 Å². The Hall–Kier alpha value is -1.46. The van der Waals surface area contributed by atoms with Gasteiger partial charge in [-0.25, -0.2) is 0 Å². The average molecular weight is 366 g/mol. The SMILES string of the molecule is COc1ccc(Cl)cc1N1CCC(NC(=O)C2CCCCC2(C)N)C1. The molecule has 1 aromatic carbocycles. The summed E-state index contributed by atoms with van der Waals surface area (Å²) >= 11 is 6.14. The van der Waals surface area contributed by atoms with Gasteiger partial charge in [-0.05, 0) is 44.4 Å². The zero-order valence-corrected chi connectivity index (χ0v) is 15.8. The Bertz CT molecular complexity index is 635. The first kappa shape index (κ1) is 18.3. The molecule has 138 valence electrons. The lowest BCUT2D eigenvalue weighted by atomic mass is 9.74. The number of nitrogens with one attached hydrogen (secondary N) is 1. The second kappa shape index (κ2) is 7.42. The van der Waals surface area contributed by atoms with Crippen LogP contribution < -0.4 is 20.7 Å². The fourth-order valence-electron chi connectivity index (χ4n) is 4.10.